The summed E-state index contributed by atoms with van der Waals surface area (Å²) in [7, 11) is -9.93. The summed E-state index contributed by atoms with van der Waals surface area (Å²) in [6.07, 6.45) is 65.3. The van der Waals surface area contributed by atoms with Gasteiger partial charge in [0.05, 0.1) is 26.4 Å². The van der Waals surface area contributed by atoms with E-state index in [4.69, 9.17) is 37.0 Å². The Hall–Kier alpha value is -1.94. The fourth-order valence-electron chi connectivity index (χ4n) is 13.5. The standard InChI is InChI=1S/C87H170O17P2/c1-9-80(8)66-58-50-42-33-27-20-16-12-10-11-13-17-22-29-35-45-53-61-69-86(91)103-82(73-97-84(89)67-59-51-43-34-28-21-18-14-15-19-25-31-39-47-55-63-77(2)3)75-101-105(93,94)99-71-81(88)72-100-106(95,96)102-76-83(74-98-85(90)68-60-52-44-38-37-41-49-57-65-79(6)7)104-87(92)70-62-54-46-36-30-24-23-26-32-40-48-56-64-78(4)5/h77-83,88H,9-76H2,1-8H3,(H,93,94)(H,95,96)/t80?,81-,82-,83-/m1/s1. The summed E-state index contributed by atoms with van der Waals surface area (Å²) in [5.74, 6) is 1.07. The van der Waals surface area contributed by atoms with Gasteiger partial charge in [-0.3, -0.25) is 37.3 Å². The van der Waals surface area contributed by atoms with Gasteiger partial charge in [0, 0.05) is 25.7 Å². The Kier molecular flexibility index (Phi) is 74.3. The number of phosphoric acid groups is 2. The number of carbonyl (C=O) groups excluding carboxylic acids is 4. The monoisotopic (exact) mass is 1550 g/mol. The molecule has 0 fully saturated rings. The van der Waals surface area contributed by atoms with E-state index in [1.807, 2.05) is 0 Å². The van der Waals surface area contributed by atoms with Crippen LogP contribution in [-0.2, 0) is 65.4 Å². The summed E-state index contributed by atoms with van der Waals surface area (Å²) in [6.45, 7) is 14.4. The van der Waals surface area contributed by atoms with E-state index in [0.717, 1.165) is 114 Å². The van der Waals surface area contributed by atoms with Gasteiger partial charge >= 0.3 is 39.5 Å². The molecule has 630 valence electrons. The van der Waals surface area contributed by atoms with Gasteiger partial charge in [-0.05, 0) is 49.4 Å². The smallest absolute Gasteiger partial charge is 0.462 e. The van der Waals surface area contributed by atoms with Gasteiger partial charge in [0.15, 0.2) is 12.2 Å². The molecule has 0 aromatic rings. The van der Waals surface area contributed by atoms with Gasteiger partial charge in [-0.1, -0.05) is 402 Å². The number of aliphatic hydroxyl groups excluding tert-OH is 1. The Balaban J connectivity index is 5.24. The van der Waals surface area contributed by atoms with Crippen molar-refractivity contribution < 1.29 is 80.2 Å². The van der Waals surface area contributed by atoms with Crippen molar-refractivity contribution in [2.45, 2.75) is 472 Å². The quantitative estimate of drug-likeness (QED) is 0.0222. The van der Waals surface area contributed by atoms with Crippen molar-refractivity contribution in [1.29, 1.82) is 0 Å². The Labute approximate surface area is 651 Å². The molecule has 0 saturated carbocycles. The van der Waals surface area contributed by atoms with Gasteiger partial charge in [-0.2, -0.15) is 0 Å². The van der Waals surface area contributed by atoms with E-state index >= 15 is 0 Å². The zero-order chi connectivity index (χ0) is 78.1. The maximum atomic E-state index is 13.2. The van der Waals surface area contributed by atoms with Crippen LogP contribution in [0.4, 0.5) is 0 Å². The lowest BCUT2D eigenvalue weighted by Crippen LogP contribution is -2.30. The summed E-state index contributed by atoms with van der Waals surface area (Å²) in [4.78, 5) is 73.3. The van der Waals surface area contributed by atoms with Crippen LogP contribution in [0.2, 0.25) is 0 Å². The highest BCUT2D eigenvalue weighted by Crippen LogP contribution is 2.45. The van der Waals surface area contributed by atoms with Crippen molar-refractivity contribution >= 4 is 39.5 Å². The molecule has 0 saturated heterocycles. The number of carbonyl (C=O) groups is 4. The van der Waals surface area contributed by atoms with Crippen LogP contribution in [0.5, 0.6) is 0 Å². The van der Waals surface area contributed by atoms with E-state index in [9.17, 15) is 43.2 Å². The molecule has 3 unspecified atom stereocenters. The first-order chi connectivity index (χ1) is 51.1. The van der Waals surface area contributed by atoms with Gasteiger partial charge in [0.1, 0.15) is 19.3 Å². The summed E-state index contributed by atoms with van der Waals surface area (Å²) >= 11 is 0. The molecular formula is C87H170O17P2. The molecular weight excluding hydrogens is 1380 g/mol. The topological polar surface area (TPSA) is 237 Å². The molecule has 0 spiro atoms. The van der Waals surface area contributed by atoms with Crippen LogP contribution in [0, 0.1) is 23.7 Å². The summed E-state index contributed by atoms with van der Waals surface area (Å²) in [6, 6.07) is 0. The van der Waals surface area contributed by atoms with Crippen molar-refractivity contribution in [3.05, 3.63) is 0 Å². The molecule has 0 heterocycles. The second kappa shape index (κ2) is 75.7. The van der Waals surface area contributed by atoms with Crippen molar-refractivity contribution in [2.75, 3.05) is 39.6 Å². The number of aliphatic hydroxyl groups is 1. The van der Waals surface area contributed by atoms with Crippen LogP contribution in [0.1, 0.15) is 453 Å². The van der Waals surface area contributed by atoms with Crippen molar-refractivity contribution in [3.8, 4) is 0 Å². The largest absolute Gasteiger partial charge is 0.472 e. The van der Waals surface area contributed by atoms with Crippen LogP contribution in [-0.4, -0.2) is 96.7 Å². The van der Waals surface area contributed by atoms with E-state index in [1.54, 1.807) is 0 Å². The van der Waals surface area contributed by atoms with E-state index in [1.165, 1.54) is 257 Å². The lowest BCUT2D eigenvalue weighted by atomic mass is 9.99. The molecule has 0 aromatic heterocycles. The van der Waals surface area contributed by atoms with Crippen LogP contribution in [0.25, 0.3) is 0 Å². The number of hydrogen-bond donors (Lipinski definition) is 3. The van der Waals surface area contributed by atoms with E-state index < -0.39 is 97.5 Å². The zero-order valence-electron chi connectivity index (χ0n) is 70.1. The fraction of sp³-hybridized carbons (Fsp3) is 0.954. The summed E-state index contributed by atoms with van der Waals surface area (Å²) in [5, 5.41) is 10.7. The van der Waals surface area contributed by atoms with Crippen LogP contribution in [0.3, 0.4) is 0 Å². The zero-order valence-corrected chi connectivity index (χ0v) is 71.9. The van der Waals surface area contributed by atoms with Gasteiger partial charge in [0.2, 0.25) is 0 Å². The van der Waals surface area contributed by atoms with Gasteiger partial charge in [0.25, 0.3) is 0 Å². The normalized spacial score (nSPS) is 14.2. The predicted octanol–water partition coefficient (Wildman–Crippen LogP) is 26.3. The van der Waals surface area contributed by atoms with Gasteiger partial charge < -0.3 is 33.8 Å². The Bertz CT molecular complexity index is 2060. The summed E-state index contributed by atoms with van der Waals surface area (Å²) in [5.41, 5.74) is 0. The Morgan fingerprint density at radius 2 is 0.453 bits per heavy atom. The number of esters is 4. The average Bonchev–Trinajstić information content (AvgIpc) is 0.906. The number of phosphoric ester groups is 2. The highest BCUT2D eigenvalue weighted by molar-refractivity contribution is 7.47. The van der Waals surface area contributed by atoms with Gasteiger partial charge in [-0.25, -0.2) is 9.13 Å². The minimum Gasteiger partial charge on any atom is -0.462 e. The lowest BCUT2D eigenvalue weighted by Gasteiger charge is -2.21. The molecule has 106 heavy (non-hydrogen) atoms. The van der Waals surface area contributed by atoms with Gasteiger partial charge in [-0.15, -0.1) is 0 Å². The lowest BCUT2D eigenvalue weighted by molar-refractivity contribution is -0.161. The highest BCUT2D eigenvalue weighted by atomic mass is 31.2. The third kappa shape index (κ3) is 78.7. The SMILES string of the molecule is CCC(C)CCCCCCCCCCCCCCCCCCCCC(=O)O[C@H](COC(=O)CCCCCCCCCCCCCCCCCC(C)C)COP(=O)(O)OC[C@@H](O)COP(=O)(O)OC[C@@H](COC(=O)CCCCCCCCCCC(C)C)OC(=O)CCCCCCCCCCCCCCC(C)C. The average molecular weight is 1550 g/mol. The fourth-order valence-corrected chi connectivity index (χ4v) is 15.0. The minimum atomic E-state index is -4.97. The van der Waals surface area contributed by atoms with Crippen molar-refractivity contribution in [2.24, 2.45) is 23.7 Å². The molecule has 6 atom stereocenters. The van der Waals surface area contributed by atoms with Crippen LogP contribution in [0.15, 0.2) is 0 Å². The predicted molar refractivity (Wildman–Crippen MR) is 437 cm³/mol. The van der Waals surface area contributed by atoms with Crippen molar-refractivity contribution in [1.82, 2.24) is 0 Å². The second-order valence-electron chi connectivity index (χ2n) is 33.0. The molecule has 0 amide bonds. The number of hydrogen-bond acceptors (Lipinski definition) is 15. The molecule has 0 aliphatic rings. The number of ether oxygens (including phenoxy) is 4. The highest BCUT2D eigenvalue weighted by Gasteiger charge is 2.31. The Morgan fingerprint density at radius 1 is 0.264 bits per heavy atom. The maximum Gasteiger partial charge on any atom is 0.472 e. The molecule has 17 nitrogen and oxygen atoms in total. The number of unbranched alkanes of at least 4 members (excludes halogenated alkanes) is 49. The first kappa shape index (κ1) is 104. The third-order valence-electron chi connectivity index (χ3n) is 20.7. The van der Waals surface area contributed by atoms with E-state index in [-0.39, 0.29) is 25.7 Å². The van der Waals surface area contributed by atoms with Crippen LogP contribution < -0.4 is 0 Å². The molecule has 0 aromatic carbocycles. The minimum absolute atomic E-state index is 0.106. The molecule has 0 bridgehead atoms. The molecule has 19 heteroatoms. The molecule has 0 radical (unpaired) electrons. The maximum absolute atomic E-state index is 13.2. The third-order valence-corrected chi connectivity index (χ3v) is 22.6. The summed E-state index contributed by atoms with van der Waals surface area (Å²) < 4.78 is 68.9. The second-order valence-corrected chi connectivity index (χ2v) is 35.9. The Morgan fingerprint density at radius 3 is 0.670 bits per heavy atom. The molecule has 0 aliphatic heterocycles. The number of rotatable bonds is 84. The van der Waals surface area contributed by atoms with Crippen LogP contribution >= 0.6 is 15.6 Å². The molecule has 3 N–H and O–H groups in total. The molecule has 0 aliphatic carbocycles. The molecule has 0 rings (SSSR count). The first-order valence-electron chi connectivity index (χ1n) is 44.7. The van der Waals surface area contributed by atoms with Crippen molar-refractivity contribution in [3.63, 3.8) is 0 Å². The first-order valence-corrected chi connectivity index (χ1v) is 47.7. The van der Waals surface area contributed by atoms with E-state index in [0.29, 0.717) is 25.7 Å². The van der Waals surface area contributed by atoms with E-state index in [2.05, 4.69) is 55.4 Å².